The highest BCUT2D eigenvalue weighted by Crippen LogP contribution is 2.07. The molecule has 1 aromatic carbocycles. The summed E-state index contributed by atoms with van der Waals surface area (Å²) in [5.74, 6) is 0.771. The number of nitrogens with one attached hydrogen (secondary N) is 3. The van der Waals surface area contributed by atoms with Gasteiger partial charge in [0.1, 0.15) is 0 Å². The van der Waals surface area contributed by atoms with E-state index in [1.165, 1.54) is 5.56 Å². The van der Waals surface area contributed by atoms with Gasteiger partial charge in [0.15, 0.2) is 5.96 Å². The minimum absolute atomic E-state index is 0.0916. The van der Waals surface area contributed by atoms with Gasteiger partial charge in [-0.15, -0.1) is 0 Å². The molecule has 3 N–H and O–H groups in total. The molecule has 0 fully saturated rings. The summed E-state index contributed by atoms with van der Waals surface area (Å²) in [5, 5.41) is 6.37. The maximum Gasteiger partial charge on any atom is 0.211 e. The topological polar surface area (TPSA) is 85.8 Å². The van der Waals surface area contributed by atoms with Crippen molar-refractivity contribution < 1.29 is 8.42 Å². The van der Waals surface area contributed by atoms with Crippen LogP contribution in [0, 0.1) is 0 Å². The van der Waals surface area contributed by atoms with Gasteiger partial charge in [0.05, 0.1) is 5.75 Å². The van der Waals surface area contributed by atoms with E-state index in [0.717, 1.165) is 19.5 Å². The van der Waals surface area contributed by atoms with E-state index in [-0.39, 0.29) is 5.75 Å². The van der Waals surface area contributed by atoms with Gasteiger partial charge in [-0.1, -0.05) is 30.3 Å². The first-order chi connectivity index (χ1) is 12.4. The molecule has 0 radical (unpaired) electrons. The Kier molecular flexibility index (Phi) is 10.2. The number of nitrogens with zero attached hydrogens (tertiary/aromatic N) is 2. The van der Waals surface area contributed by atoms with Gasteiger partial charge in [-0.25, -0.2) is 13.1 Å². The third kappa shape index (κ3) is 9.17. The van der Waals surface area contributed by atoms with Crippen molar-refractivity contribution in [1.29, 1.82) is 0 Å². The molecular weight excluding hydrogens is 350 g/mol. The fourth-order valence-corrected chi connectivity index (χ4v) is 2.97. The Balaban J connectivity index is 2.24. The molecule has 0 saturated heterocycles. The van der Waals surface area contributed by atoms with E-state index < -0.39 is 10.0 Å². The maximum absolute atomic E-state index is 11.4. The normalized spacial score (nSPS) is 13.7. The van der Waals surface area contributed by atoms with E-state index in [1.54, 1.807) is 14.0 Å². The molecule has 0 spiro atoms. The Labute approximate surface area is 158 Å². The molecule has 0 aliphatic rings. The Hall–Kier alpha value is -1.64. The Morgan fingerprint density at radius 1 is 1.15 bits per heavy atom. The number of sulfonamides is 1. The fraction of sp³-hybridized carbons (Fsp3) is 0.611. The van der Waals surface area contributed by atoms with Crippen molar-refractivity contribution in [3.8, 4) is 0 Å². The standard InChI is InChI=1S/C18H33N5O2S/c1-5-26(24,25)22-14-13-21-18(19-3)20-12-11-16(2)23(4)15-17-9-7-6-8-10-17/h6-10,16,22H,5,11-15H2,1-4H3,(H2,19,20,21). The highest BCUT2D eigenvalue weighted by atomic mass is 32.2. The average molecular weight is 384 g/mol. The highest BCUT2D eigenvalue weighted by molar-refractivity contribution is 7.89. The average Bonchev–Trinajstić information content (AvgIpc) is 2.64. The lowest BCUT2D eigenvalue weighted by Gasteiger charge is -2.25. The zero-order valence-corrected chi connectivity index (χ0v) is 17.1. The molecule has 1 unspecified atom stereocenters. The van der Waals surface area contributed by atoms with Crippen LogP contribution in [0.2, 0.25) is 0 Å². The van der Waals surface area contributed by atoms with Gasteiger partial charge < -0.3 is 10.6 Å². The summed E-state index contributed by atoms with van der Waals surface area (Å²) in [6.07, 6.45) is 0.979. The second kappa shape index (κ2) is 11.9. The maximum atomic E-state index is 11.4. The van der Waals surface area contributed by atoms with E-state index in [1.807, 2.05) is 6.07 Å². The summed E-state index contributed by atoms with van der Waals surface area (Å²) in [5.41, 5.74) is 1.31. The summed E-state index contributed by atoms with van der Waals surface area (Å²) in [4.78, 5) is 6.48. The van der Waals surface area contributed by atoms with Crippen molar-refractivity contribution in [2.24, 2.45) is 4.99 Å². The largest absolute Gasteiger partial charge is 0.356 e. The minimum atomic E-state index is -3.14. The molecular formula is C18H33N5O2S. The zero-order chi connectivity index (χ0) is 19.4. The number of hydrogen-bond acceptors (Lipinski definition) is 4. The first kappa shape index (κ1) is 22.4. The Morgan fingerprint density at radius 2 is 1.81 bits per heavy atom. The van der Waals surface area contributed by atoms with E-state index in [9.17, 15) is 8.42 Å². The first-order valence-corrected chi connectivity index (χ1v) is 10.7. The molecule has 0 heterocycles. The molecule has 0 amide bonds. The lowest BCUT2D eigenvalue weighted by Crippen LogP contribution is -2.43. The minimum Gasteiger partial charge on any atom is -0.356 e. The van der Waals surface area contributed by atoms with Crippen LogP contribution in [0.4, 0.5) is 0 Å². The lowest BCUT2D eigenvalue weighted by molar-refractivity contribution is 0.238. The van der Waals surface area contributed by atoms with Crippen LogP contribution in [-0.2, 0) is 16.6 Å². The Morgan fingerprint density at radius 3 is 2.42 bits per heavy atom. The fourth-order valence-electron chi connectivity index (χ4n) is 2.36. The van der Waals surface area contributed by atoms with Gasteiger partial charge in [0.25, 0.3) is 0 Å². The molecule has 0 aliphatic carbocycles. The van der Waals surface area contributed by atoms with Crippen molar-refractivity contribution in [1.82, 2.24) is 20.3 Å². The van der Waals surface area contributed by atoms with E-state index in [0.29, 0.717) is 25.1 Å². The number of benzene rings is 1. The van der Waals surface area contributed by atoms with Crippen LogP contribution >= 0.6 is 0 Å². The lowest BCUT2D eigenvalue weighted by atomic mass is 10.1. The Bertz CT molecular complexity index is 634. The summed E-state index contributed by atoms with van der Waals surface area (Å²) < 4.78 is 25.3. The summed E-state index contributed by atoms with van der Waals surface area (Å²) in [6, 6.07) is 10.9. The third-order valence-corrected chi connectivity index (χ3v) is 5.63. The monoisotopic (exact) mass is 383 g/mol. The van der Waals surface area contributed by atoms with Gasteiger partial charge >= 0.3 is 0 Å². The summed E-state index contributed by atoms with van der Waals surface area (Å²) >= 11 is 0. The molecule has 26 heavy (non-hydrogen) atoms. The molecule has 0 aliphatic heterocycles. The molecule has 0 bridgehead atoms. The summed E-state index contributed by atoms with van der Waals surface area (Å²) in [6.45, 7) is 6.37. The second-order valence-electron chi connectivity index (χ2n) is 6.26. The van der Waals surface area contributed by atoms with E-state index in [4.69, 9.17) is 0 Å². The molecule has 148 valence electrons. The highest BCUT2D eigenvalue weighted by Gasteiger charge is 2.10. The molecule has 8 heteroatoms. The quantitative estimate of drug-likeness (QED) is 0.302. The smallest absolute Gasteiger partial charge is 0.211 e. The van der Waals surface area contributed by atoms with Crippen LogP contribution in [0.25, 0.3) is 0 Å². The predicted molar refractivity (Wildman–Crippen MR) is 109 cm³/mol. The van der Waals surface area contributed by atoms with Gasteiger partial charge in [-0.3, -0.25) is 9.89 Å². The molecule has 1 rings (SSSR count). The van der Waals surface area contributed by atoms with Gasteiger partial charge in [-0.2, -0.15) is 0 Å². The number of rotatable bonds is 11. The van der Waals surface area contributed by atoms with Crippen molar-refractivity contribution in [3.05, 3.63) is 35.9 Å². The number of hydrogen-bond donors (Lipinski definition) is 3. The molecule has 0 saturated carbocycles. The molecule has 1 atom stereocenters. The molecule has 7 nitrogen and oxygen atoms in total. The number of guanidine groups is 1. The van der Waals surface area contributed by atoms with Crippen molar-refractivity contribution in [2.75, 3.05) is 39.5 Å². The summed E-state index contributed by atoms with van der Waals surface area (Å²) in [7, 11) is 0.691. The van der Waals surface area contributed by atoms with Gasteiger partial charge in [-0.05, 0) is 32.9 Å². The van der Waals surface area contributed by atoms with Crippen LogP contribution in [0.5, 0.6) is 0 Å². The zero-order valence-electron chi connectivity index (χ0n) is 16.3. The molecule has 1 aromatic rings. The number of aliphatic imine (C=N–C) groups is 1. The van der Waals surface area contributed by atoms with Crippen LogP contribution in [0.1, 0.15) is 25.8 Å². The first-order valence-electron chi connectivity index (χ1n) is 9.04. The van der Waals surface area contributed by atoms with Crippen LogP contribution < -0.4 is 15.4 Å². The van der Waals surface area contributed by atoms with E-state index >= 15 is 0 Å². The van der Waals surface area contributed by atoms with Gasteiger partial charge in [0, 0.05) is 39.3 Å². The van der Waals surface area contributed by atoms with Crippen molar-refractivity contribution in [3.63, 3.8) is 0 Å². The van der Waals surface area contributed by atoms with Crippen LogP contribution in [0.3, 0.4) is 0 Å². The van der Waals surface area contributed by atoms with Crippen LogP contribution in [0.15, 0.2) is 35.3 Å². The predicted octanol–water partition coefficient (Wildman–Crippen LogP) is 1.00. The third-order valence-electron chi connectivity index (χ3n) is 4.22. The molecule has 0 aromatic heterocycles. The van der Waals surface area contributed by atoms with Crippen LogP contribution in [-0.4, -0.2) is 64.8 Å². The van der Waals surface area contributed by atoms with Crippen molar-refractivity contribution in [2.45, 2.75) is 32.9 Å². The van der Waals surface area contributed by atoms with Crippen molar-refractivity contribution >= 4 is 16.0 Å². The SMILES string of the molecule is CCS(=O)(=O)NCCNC(=NC)NCCC(C)N(C)Cc1ccccc1. The second-order valence-corrected chi connectivity index (χ2v) is 8.36. The van der Waals surface area contributed by atoms with Gasteiger partial charge in [0.2, 0.25) is 10.0 Å². The van der Waals surface area contributed by atoms with E-state index in [2.05, 4.69) is 63.5 Å².